The van der Waals surface area contributed by atoms with Gasteiger partial charge in [0.05, 0.1) is 30.5 Å². The number of esters is 1. The number of benzene rings is 1. The Morgan fingerprint density at radius 2 is 2.03 bits per heavy atom. The first-order valence-corrected chi connectivity index (χ1v) is 11.0. The van der Waals surface area contributed by atoms with E-state index in [-0.39, 0.29) is 36.1 Å². The third-order valence-electron chi connectivity index (χ3n) is 5.70. The van der Waals surface area contributed by atoms with Gasteiger partial charge < -0.3 is 25.4 Å². The molecule has 3 unspecified atom stereocenters. The minimum Gasteiger partial charge on any atom is -0.478 e. The number of carboxylic acids is 1. The Morgan fingerprint density at radius 3 is 2.70 bits per heavy atom. The summed E-state index contributed by atoms with van der Waals surface area (Å²) in [5.74, 6) is -1.46. The summed E-state index contributed by atoms with van der Waals surface area (Å²) in [6.07, 6.45) is 4.43. The van der Waals surface area contributed by atoms with Gasteiger partial charge in [-0.15, -0.1) is 0 Å². The number of carboxylic acid groups (broad SMARTS) is 1. The summed E-state index contributed by atoms with van der Waals surface area (Å²) in [6, 6.07) is 4.80. The second kappa shape index (κ2) is 11.9. The Kier molecular flexibility index (Phi) is 9.59. The van der Waals surface area contributed by atoms with E-state index in [0.717, 1.165) is 19.3 Å². The molecule has 1 heterocycles. The average Bonchev–Trinajstić information content (AvgIpc) is 3.12. The number of unbranched alkanes of at least 4 members (excludes halogenated alkanes) is 2. The van der Waals surface area contributed by atoms with Gasteiger partial charge in [-0.1, -0.05) is 26.2 Å². The number of anilines is 1. The molecule has 2 rings (SSSR count). The summed E-state index contributed by atoms with van der Waals surface area (Å²) in [7, 11) is 0. The number of rotatable bonds is 12. The highest BCUT2D eigenvalue weighted by Crippen LogP contribution is 2.41. The van der Waals surface area contributed by atoms with Crippen molar-refractivity contribution in [2.24, 2.45) is 0 Å². The lowest BCUT2D eigenvalue weighted by Crippen LogP contribution is -2.26. The number of hydrogen-bond donors (Lipinski definition) is 3. The zero-order valence-corrected chi connectivity index (χ0v) is 18.0. The van der Waals surface area contributed by atoms with Crippen molar-refractivity contribution in [2.45, 2.75) is 89.4 Å². The quantitative estimate of drug-likeness (QED) is 0.266. The summed E-state index contributed by atoms with van der Waals surface area (Å²) in [4.78, 5) is 23.4. The molecule has 0 bridgehead atoms. The number of hydrogen-bond acceptors (Lipinski definition) is 6. The highest BCUT2D eigenvalue weighted by Gasteiger charge is 2.40. The van der Waals surface area contributed by atoms with Crippen LogP contribution in [0.15, 0.2) is 18.2 Å². The molecule has 168 valence electrons. The van der Waals surface area contributed by atoms with Crippen molar-refractivity contribution in [3.8, 4) is 0 Å². The summed E-state index contributed by atoms with van der Waals surface area (Å²) in [5.41, 5.74) is 7.27. The van der Waals surface area contributed by atoms with Crippen molar-refractivity contribution in [3.05, 3.63) is 29.3 Å². The van der Waals surface area contributed by atoms with Gasteiger partial charge in [0.15, 0.2) is 0 Å². The lowest BCUT2D eigenvalue weighted by atomic mass is 9.84. The standard InChI is InChI=1S/C23H35NO6/c1-3-5-6-8-19(25)21-14-18(17-13-15(24)11-12-16(17)23(27)28)20(30-21)9-7-10-22(26)29-4-2/h11-13,18-21,25H,3-10,14,24H2,1-2H3,(H,27,28)/t18?,19-,20?,21?/m1/s1. The van der Waals surface area contributed by atoms with Crippen molar-refractivity contribution in [1.29, 1.82) is 0 Å². The van der Waals surface area contributed by atoms with Gasteiger partial charge in [0, 0.05) is 18.0 Å². The average molecular weight is 422 g/mol. The maximum absolute atomic E-state index is 11.8. The molecule has 7 heteroatoms. The maximum atomic E-state index is 11.8. The zero-order valence-electron chi connectivity index (χ0n) is 18.0. The van der Waals surface area contributed by atoms with Crippen LogP contribution in [0.4, 0.5) is 5.69 Å². The fraction of sp³-hybridized carbons (Fsp3) is 0.652. The molecule has 4 N–H and O–H groups in total. The SMILES string of the molecule is CCCCC[C@@H](O)C1CC(c2cc(N)ccc2C(=O)O)C(CCCC(=O)OCC)O1. The Bertz CT molecular complexity index is 707. The van der Waals surface area contributed by atoms with Crippen LogP contribution in [0.5, 0.6) is 0 Å². The molecule has 0 aliphatic carbocycles. The first-order valence-electron chi connectivity index (χ1n) is 11.0. The van der Waals surface area contributed by atoms with E-state index < -0.39 is 12.1 Å². The molecule has 1 saturated heterocycles. The van der Waals surface area contributed by atoms with Crippen LogP contribution in [0.3, 0.4) is 0 Å². The van der Waals surface area contributed by atoms with Gasteiger partial charge in [-0.3, -0.25) is 4.79 Å². The van der Waals surface area contributed by atoms with E-state index in [0.29, 0.717) is 43.5 Å². The number of nitrogen functional groups attached to an aromatic ring is 1. The van der Waals surface area contributed by atoms with E-state index in [9.17, 15) is 19.8 Å². The van der Waals surface area contributed by atoms with Gasteiger partial charge in [-0.05, 0) is 56.4 Å². The van der Waals surface area contributed by atoms with Gasteiger partial charge in [-0.25, -0.2) is 4.79 Å². The van der Waals surface area contributed by atoms with Gasteiger partial charge >= 0.3 is 11.9 Å². The lowest BCUT2D eigenvalue weighted by Gasteiger charge is -2.21. The molecule has 7 nitrogen and oxygen atoms in total. The Morgan fingerprint density at radius 1 is 1.27 bits per heavy atom. The van der Waals surface area contributed by atoms with Crippen LogP contribution in [-0.2, 0) is 14.3 Å². The maximum Gasteiger partial charge on any atom is 0.335 e. The van der Waals surface area contributed by atoms with Crippen molar-refractivity contribution >= 4 is 17.6 Å². The first-order chi connectivity index (χ1) is 14.4. The second-order valence-corrected chi connectivity index (χ2v) is 7.97. The van der Waals surface area contributed by atoms with E-state index in [1.54, 1.807) is 19.1 Å². The molecule has 1 aromatic rings. The van der Waals surface area contributed by atoms with Crippen LogP contribution in [0.2, 0.25) is 0 Å². The van der Waals surface area contributed by atoms with Gasteiger partial charge in [0.1, 0.15) is 0 Å². The molecule has 0 aromatic heterocycles. The summed E-state index contributed by atoms with van der Waals surface area (Å²) >= 11 is 0. The van der Waals surface area contributed by atoms with E-state index in [2.05, 4.69) is 6.92 Å². The van der Waals surface area contributed by atoms with Crippen LogP contribution in [0.1, 0.15) is 87.1 Å². The van der Waals surface area contributed by atoms with Crippen LogP contribution in [0.25, 0.3) is 0 Å². The molecule has 1 aliphatic heterocycles. The van der Waals surface area contributed by atoms with E-state index >= 15 is 0 Å². The smallest absolute Gasteiger partial charge is 0.335 e. The number of nitrogens with two attached hydrogens (primary N) is 1. The van der Waals surface area contributed by atoms with Crippen molar-refractivity contribution in [3.63, 3.8) is 0 Å². The van der Waals surface area contributed by atoms with Crippen molar-refractivity contribution < 1.29 is 29.3 Å². The largest absolute Gasteiger partial charge is 0.478 e. The lowest BCUT2D eigenvalue weighted by molar-refractivity contribution is -0.143. The van der Waals surface area contributed by atoms with Gasteiger partial charge in [0.2, 0.25) is 0 Å². The normalized spacial score (nSPS) is 22.0. The zero-order chi connectivity index (χ0) is 22.1. The number of carbonyl (C=O) groups is 2. The summed E-state index contributed by atoms with van der Waals surface area (Å²) < 4.78 is 11.2. The number of aliphatic hydroxyl groups is 1. The predicted octanol–water partition coefficient (Wildman–Crippen LogP) is 3.88. The van der Waals surface area contributed by atoms with Crippen LogP contribution < -0.4 is 5.73 Å². The Labute approximate surface area is 178 Å². The van der Waals surface area contributed by atoms with E-state index in [1.165, 1.54) is 6.07 Å². The van der Waals surface area contributed by atoms with Crippen molar-refractivity contribution in [2.75, 3.05) is 12.3 Å². The number of aromatic carboxylic acids is 1. The molecule has 30 heavy (non-hydrogen) atoms. The third-order valence-corrected chi connectivity index (χ3v) is 5.70. The molecule has 0 amide bonds. The predicted molar refractivity (Wildman–Crippen MR) is 114 cm³/mol. The topological polar surface area (TPSA) is 119 Å². The molecular formula is C23H35NO6. The third kappa shape index (κ3) is 6.71. The molecular weight excluding hydrogens is 386 g/mol. The highest BCUT2D eigenvalue weighted by molar-refractivity contribution is 5.90. The van der Waals surface area contributed by atoms with E-state index in [1.807, 2.05) is 0 Å². The fourth-order valence-corrected chi connectivity index (χ4v) is 4.17. The summed E-state index contributed by atoms with van der Waals surface area (Å²) in [5, 5.41) is 20.3. The Balaban J connectivity index is 2.17. The minimum atomic E-state index is -1.01. The number of carbonyl (C=O) groups excluding carboxylic acids is 1. The highest BCUT2D eigenvalue weighted by atomic mass is 16.5. The van der Waals surface area contributed by atoms with Crippen molar-refractivity contribution in [1.82, 2.24) is 0 Å². The molecule has 4 atom stereocenters. The second-order valence-electron chi connectivity index (χ2n) is 7.97. The van der Waals surface area contributed by atoms with Gasteiger partial charge in [0.25, 0.3) is 0 Å². The first kappa shape index (κ1) is 24.2. The van der Waals surface area contributed by atoms with E-state index in [4.69, 9.17) is 15.2 Å². The fourth-order valence-electron chi connectivity index (χ4n) is 4.17. The van der Waals surface area contributed by atoms with Gasteiger partial charge in [-0.2, -0.15) is 0 Å². The molecule has 1 fully saturated rings. The number of aliphatic hydroxyl groups excluding tert-OH is 1. The molecule has 1 aromatic carbocycles. The van der Waals surface area contributed by atoms with Crippen LogP contribution >= 0.6 is 0 Å². The van der Waals surface area contributed by atoms with Crippen LogP contribution in [-0.4, -0.2) is 47.1 Å². The monoisotopic (exact) mass is 421 g/mol. The molecule has 0 radical (unpaired) electrons. The molecule has 0 spiro atoms. The number of ether oxygens (including phenoxy) is 2. The molecule has 0 saturated carbocycles. The summed E-state index contributed by atoms with van der Waals surface area (Å²) in [6.45, 7) is 4.23. The minimum absolute atomic E-state index is 0.201. The molecule has 1 aliphatic rings. The van der Waals surface area contributed by atoms with Crippen LogP contribution in [0, 0.1) is 0 Å². The Hall–Kier alpha value is -2.12.